The number of rotatable bonds is 4. The van der Waals surface area contributed by atoms with Crippen molar-refractivity contribution in [2.24, 2.45) is 0 Å². The minimum atomic E-state index is -0.152. The van der Waals surface area contributed by atoms with E-state index in [-0.39, 0.29) is 17.9 Å². The molecule has 2 rings (SSSR count). The van der Waals surface area contributed by atoms with E-state index < -0.39 is 0 Å². The van der Waals surface area contributed by atoms with Crippen LogP contribution in [0.3, 0.4) is 0 Å². The summed E-state index contributed by atoms with van der Waals surface area (Å²) in [7, 11) is 0. The second-order valence-corrected chi connectivity index (χ2v) is 7.46. The van der Waals surface area contributed by atoms with Crippen LogP contribution in [0.2, 0.25) is 0 Å². The van der Waals surface area contributed by atoms with Crippen molar-refractivity contribution in [3.8, 4) is 5.75 Å². The van der Waals surface area contributed by atoms with Gasteiger partial charge in [-0.1, -0.05) is 44.5 Å². The molecule has 0 unspecified atom stereocenters. The molecule has 128 valence electrons. The van der Waals surface area contributed by atoms with Gasteiger partial charge in [0.2, 0.25) is 0 Å². The number of benzene rings is 2. The number of nitrogens with one attached hydrogen (secondary N) is 1. The largest absolute Gasteiger partial charge is 0.483 e. The Morgan fingerprint density at radius 2 is 1.58 bits per heavy atom. The summed E-state index contributed by atoms with van der Waals surface area (Å²) in [5.41, 5.74) is 5.32. The maximum atomic E-state index is 12.2. The lowest BCUT2D eigenvalue weighted by molar-refractivity contribution is -0.118. The smallest absolute Gasteiger partial charge is 0.262 e. The normalized spacial score (nSPS) is 11.2. The van der Waals surface area contributed by atoms with Crippen LogP contribution in [0.1, 0.15) is 43.0 Å². The number of amides is 1. The van der Waals surface area contributed by atoms with Crippen LogP contribution in [-0.2, 0) is 10.2 Å². The van der Waals surface area contributed by atoms with Gasteiger partial charge in [-0.25, -0.2) is 0 Å². The maximum absolute atomic E-state index is 12.2. The van der Waals surface area contributed by atoms with Gasteiger partial charge in [0, 0.05) is 5.69 Å². The first-order chi connectivity index (χ1) is 11.1. The maximum Gasteiger partial charge on any atom is 0.262 e. The molecule has 1 amide bonds. The SMILES string of the molecule is Cc1cc(C)cc(NC(=O)COc2ccc(C)cc2C(C)(C)C)c1. The minimum Gasteiger partial charge on any atom is -0.483 e. The van der Waals surface area contributed by atoms with E-state index in [1.54, 1.807) is 0 Å². The molecule has 0 aliphatic heterocycles. The number of hydrogen-bond acceptors (Lipinski definition) is 2. The van der Waals surface area contributed by atoms with Gasteiger partial charge in [-0.3, -0.25) is 4.79 Å². The van der Waals surface area contributed by atoms with Crippen molar-refractivity contribution in [2.45, 2.75) is 47.0 Å². The van der Waals surface area contributed by atoms with Gasteiger partial charge in [-0.15, -0.1) is 0 Å². The van der Waals surface area contributed by atoms with Crippen LogP contribution in [0.5, 0.6) is 5.75 Å². The van der Waals surface area contributed by atoms with Crippen molar-refractivity contribution < 1.29 is 9.53 Å². The van der Waals surface area contributed by atoms with Crippen molar-refractivity contribution in [1.82, 2.24) is 0 Å². The molecule has 0 saturated heterocycles. The van der Waals surface area contributed by atoms with Gasteiger partial charge in [0.05, 0.1) is 0 Å². The first-order valence-electron chi connectivity index (χ1n) is 8.27. The quantitative estimate of drug-likeness (QED) is 0.866. The van der Waals surface area contributed by atoms with Crippen LogP contribution in [0, 0.1) is 20.8 Å². The van der Waals surface area contributed by atoms with Gasteiger partial charge in [0.25, 0.3) is 5.91 Å². The van der Waals surface area contributed by atoms with E-state index >= 15 is 0 Å². The molecule has 0 heterocycles. The van der Waals surface area contributed by atoms with Crippen LogP contribution in [0.25, 0.3) is 0 Å². The fourth-order valence-electron chi connectivity index (χ4n) is 2.74. The van der Waals surface area contributed by atoms with Crippen molar-refractivity contribution in [3.63, 3.8) is 0 Å². The molecule has 0 saturated carbocycles. The molecule has 2 aromatic rings. The Labute approximate surface area is 145 Å². The number of ether oxygens (including phenoxy) is 1. The van der Waals surface area contributed by atoms with E-state index in [0.29, 0.717) is 0 Å². The molecule has 0 aliphatic carbocycles. The second-order valence-electron chi connectivity index (χ2n) is 7.46. The molecule has 2 aromatic carbocycles. The fraction of sp³-hybridized carbons (Fsp3) is 0.381. The average Bonchev–Trinajstić information content (AvgIpc) is 2.43. The van der Waals surface area contributed by atoms with Crippen molar-refractivity contribution >= 4 is 11.6 Å². The summed E-state index contributed by atoms with van der Waals surface area (Å²) in [6, 6.07) is 12.1. The third kappa shape index (κ3) is 4.85. The van der Waals surface area contributed by atoms with E-state index in [1.165, 1.54) is 5.56 Å². The van der Waals surface area contributed by atoms with Crippen molar-refractivity contribution in [3.05, 3.63) is 58.7 Å². The molecule has 3 heteroatoms. The molecule has 0 fully saturated rings. The predicted molar refractivity (Wildman–Crippen MR) is 99.9 cm³/mol. The van der Waals surface area contributed by atoms with Crippen molar-refractivity contribution in [2.75, 3.05) is 11.9 Å². The van der Waals surface area contributed by atoms with Crippen LogP contribution in [0.15, 0.2) is 36.4 Å². The summed E-state index contributed by atoms with van der Waals surface area (Å²) < 4.78 is 5.80. The standard InChI is InChI=1S/C21H27NO2/c1-14-7-8-19(18(12-14)21(4,5)6)24-13-20(23)22-17-10-15(2)9-16(3)11-17/h7-12H,13H2,1-6H3,(H,22,23). The van der Waals surface area contributed by atoms with E-state index in [1.807, 2.05) is 38.1 Å². The molecule has 0 aromatic heterocycles. The molecule has 24 heavy (non-hydrogen) atoms. The highest BCUT2D eigenvalue weighted by molar-refractivity contribution is 5.92. The molecular formula is C21H27NO2. The highest BCUT2D eigenvalue weighted by Crippen LogP contribution is 2.32. The molecule has 0 radical (unpaired) electrons. The lowest BCUT2D eigenvalue weighted by atomic mass is 9.85. The molecule has 0 spiro atoms. The zero-order valence-electron chi connectivity index (χ0n) is 15.5. The second kappa shape index (κ2) is 7.08. The number of anilines is 1. The summed E-state index contributed by atoms with van der Waals surface area (Å²) in [6.07, 6.45) is 0. The Kier molecular flexibility index (Phi) is 5.33. The van der Waals surface area contributed by atoms with Gasteiger partial charge in [0.15, 0.2) is 6.61 Å². The Balaban J connectivity index is 2.07. The van der Waals surface area contributed by atoms with Crippen molar-refractivity contribution in [1.29, 1.82) is 0 Å². The summed E-state index contributed by atoms with van der Waals surface area (Å²) in [6.45, 7) is 12.5. The fourth-order valence-corrected chi connectivity index (χ4v) is 2.74. The van der Waals surface area contributed by atoms with Crippen LogP contribution in [0.4, 0.5) is 5.69 Å². The first-order valence-corrected chi connectivity index (χ1v) is 8.27. The average molecular weight is 325 g/mol. The third-order valence-electron chi connectivity index (χ3n) is 3.81. The molecule has 1 N–H and O–H groups in total. The van der Waals surface area contributed by atoms with Gasteiger partial charge in [-0.2, -0.15) is 0 Å². The third-order valence-corrected chi connectivity index (χ3v) is 3.81. The Morgan fingerprint density at radius 1 is 0.958 bits per heavy atom. The Morgan fingerprint density at radius 3 is 2.17 bits per heavy atom. The Bertz CT molecular complexity index is 722. The topological polar surface area (TPSA) is 38.3 Å². The first kappa shape index (κ1) is 18.1. The van der Waals surface area contributed by atoms with Gasteiger partial charge in [-0.05, 0) is 61.1 Å². The highest BCUT2D eigenvalue weighted by atomic mass is 16.5. The summed E-state index contributed by atoms with van der Waals surface area (Å²) in [5, 5.41) is 2.90. The number of aryl methyl sites for hydroxylation is 3. The van der Waals surface area contributed by atoms with E-state index in [0.717, 1.165) is 28.1 Å². The Hall–Kier alpha value is -2.29. The summed E-state index contributed by atoms with van der Waals surface area (Å²) in [5.74, 6) is 0.615. The zero-order valence-corrected chi connectivity index (χ0v) is 15.5. The van der Waals surface area contributed by atoms with E-state index in [2.05, 4.69) is 45.1 Å². The summed E-state index contributed by atoms with van der Waals surface area (Å²) >= 11 is 0. The van der Waals surface area contributed by atoms with Gasteiger partial charge in [0.1, 0.15) is 5.75 Å². The van der Waals surface area contributed by atoms with Crippen LogP contribution in [-0.4, -0.2) is 12.5 Å². The molecule has 0 atom stereocenters. The lowest BCUT2D eigenvalue weighted by Crippen LogP contribution is -2.22. The highest BCUT2D eigenvalue weighted by Gasteiger charge is 2.19. The van der Waals surface area contributed by atoms with E-state index in [4.69, 9.17) is 4.74 Å². The zero-order chi connectivity index (χ0) is 17.9. The van der Waals surface area contributed by atoms with Gasteiger partial charge >= 0.3 is 0 Å². The minimum absolute atomic E-state index is 0.000863. The van der Waals surface area contributed by atoms with E-state index in [9.17, 15) is 4.79 Å². The number of carbonyl (C=O) groups excluding carboxylic acids is 1. The summed E-state index contributed by atoms with van der Waals surface area (Å²) in [4.78, 5) is 12.2. The molecular weight excluding hydrogens is 298 g/mol. The predicted octanol–water partition coefficient (Wildman–Crippen LogP) is 4.93. The monoisotopic (exact) mass is 325 g/mol. The number of carbonyl (C=O) groups is 1. The van der Waals surface area contributed by atoms with Crippen LogP contribution >= 0.6 is 0 Å². The number of hydrogen-bond donors (Lipinski definition) is 1. The lowest BCUT2D eigenvalue weighted by Gasteiger charge is -2.23. The molecule has 0 aliphatic rings. The van der Waals surface area contributed by atoms with Crippen LogP contribution < -0.4 is 10.1 Å². The molecule has 3 nitrogen and oxygen atoms in total. The molecule has 0 bridgehead atoms. The van der Waals surface area contributed by atoms with Gasteiger partial charge < -0.3 is 10.1 Å².